The molecule has 0 fully saturated rings. The highest BCUT2D eigenvalue weighted by atomic mass is 35.5. The van der Waals surface area contributed by atoms with E-state index in [1.54, 1.807) is 0 Å². The molecule has 1 atom stereocenters. The maximum Gasteiger partial charge on any atom is 0.417 e. The number of fused-ring (bicyclic) bond motifs is 1. The maximum absolute atomic E-state index is 13.1. The summed E-state index contributed by atoms with van der Waals surface area (Å²) in [5, 5.41) is 17.7. The Kier molecular flexibility index (Phi) is 4.71. The van der Waals surface area contributed by atoms with Crippen LogP contribution in [0.4, 0.5) is 13.2 Å². The second-order valence-electron chi connectivity index (χ2n) is 6.24. The number of amides is 1. The molecule has 0 saturated heterocycles. The zero-order chi connectivity index (χ0) is 20.8. The van der Waals surface area contributed by atoms with Crippen molar-refractivity contribution in [2.45, 2.75) is 25.5 Å². The molecule has 1 N–H and O–H groups in total. The highest BCUT2D eigenvalue weighted by Gasteiger charge is 2.37. The van der Waals surface area contributed by atoms with Gasteiger partial charge in [0.15, 0.2) is 5.82 Å². The first-order valence-corrected chi connectivity index (χ1v) is 8.68. The van der Waals surface area contributed by atoms with Gasteiger partial charge in [-0.25, -0.2) is 4.98 Å². The first-order chi connectivity index (χ1) is 13.8. The van der Waals surface area contributed by atoms with Crippen molar-refractivity contribution in [3.05, 3.63) is 58.8 Å². The summed E-state index contributed by atoms with van der Waals surface area (Å²) in [6.07, 6.45) is -1.61. The Labute approximate surface area is 166 Å². The van der Waals surface area contributed by atoms with Crippen LogP contribution in [0.2, 0.25) is 5.02 Å². The molecular weight excluding hydrogens is 413 g/mol. The third-order valence-corrected chi connectivity index (χ3v) is 4.87. The van der Waals surface area contributed by atoms with Gasteiger partial charge in [0.1, 0.15) is 11.9 Å². The SMILES string of the molecule is O=C1c2nnc(-c3cnccn3)n2C[C@@H](O)N1Cc1cccc(C(F)(F)F)c1Cl. The molecular formula is C17H12ClF3N6O2. The topological polar surface area (TPSA) is 97.0 Å². The van der Waals surface area contributed by atoms with Crippen LogP contribution in [-0.2, 0) is 19.3 Å². The summed E-state index contributed by atoms with van der Waals surface area (Å²) in [5.41, 5.74) is -0.597. The van der Waals surface area contributed by atoms with Crippen LogP contribution < -0.4 is 0 Å². The van der Waals surface area contributed by atoms with Crippen LogP contribution in [0.5, 0.6) is 0 Å². The number of aliphatic hydroxyl groups excluding tert-OH is 1. The van der Waals surface area contributed by atoms with Crippen molar-refractivity contribution in [3.8, 4) is 11.5 Å². The average molecular weight is 425 g/mol. The van der Waals surface area contributed by atoms with E-state index in [2.05, 4.69) is 20.2 Å². The number of rotatable bonds is 3. The van der Waals surface area contributed by atoms with Gasteiger partial charge in [-0.3, -0.25) is 14.3 Å². The second-order valence-corrected chi connectivity index (χ2v) is 6.62. The Morgan fingerprint density at radius 3 is 2.66 bits per heavy atom. The molecule has 0 saturated carbocycles. The third kappa shape index (κ3) is 3.42. The predicted molar refractivity (Wildman–Crippen MR) is 93.4 cm³/mol. The number of halogens is 4. The molecule has 1 aromatic carbocycles. The molecule has 3 heterocycles. The number of aliphatic hydroxyl groups is 1. The summed E-state index contributed by atoms with van der Waals surface area (Å²) < 4.78 is 40.6. The number of hydrogen-bond donors (Lipinski definition) is 1. The van der Waals surface area contributed by atoms with Crippen molar-refractivity contribution in [1.82, 2.24) is 29.6 Å². The van der Waals surface area contributed by atoms with Gasteiger partial charge < -0.3 is 10.0 Å². The van der Waals surface area contributed by atoms with Gasteiger partial charge in [0.25, 0.3) is 5.91 Å². The van der Waals surface area contributed by atoms with Crippen LogP contribution in [0, 0.1) is 0 Å². The molecule has 29 heavy (non-hydrogen) atoms. The summed E-state index contributed by atoms with van der Waals surface area (Å²) in [7, 11) is 0. The fourth-order valence-electron chi connectivity index (χ4n) is 3.05. The summed E-state index contributed by atoms with van der Waals surface area (Å²) in [5.74, 6) is -0.517. The summed E-state index contributed by atoms with van der Waals surface area (Å²) in [6, 6.07) is 3.41. The second kappa shape index (κ2) is 7.08. The number of alkyl halides is 3. The smallest absolute Gasteiger partial charge is 0.372 e. The summed E-state index contributed by atoms with van der Waals surface area (Å²) >= 11 is 5.90. The van der Waals surface area contributed by atoms with Gasteiger partial charge in [0.2, 0.25) is 5.82 Å². The maximum atomic E-state index is 13.1. The lowest BCUT2D eigenvalue weighted by molar-refractivity contribution is -0.137. The molecule has 150 valence electrons. The van der Waals surface area contributed by atoms with E-state index in [-0.39, 0.29) is 30.3 Å². The summed E-state index contributed by atoms with van der Waals surface area (Å²) in [6.45, 7) is -0.410. The number of carbonyl (C=O) groups excluding carboxylic acids is 1. The monoisotopic (exact) mass is 424 g/mol. The normalized spacial score (nSPS) is 16.8. The van der Waals surface area contributed by atoms with Gasteiger partial charge >= 0.3 is 6.18 Å². The van der Waals surface area contributed by atoms with Crippen LogP contribution in [0.15, 0.2) is 36.8 Å². The zero-order valence-corrected chi connectivity index (χ0v) is 15.3. The first kappa shape index (κ1) is 19.3. The molecule has 0 unspecified atom stereocenters. The molecule has 0 aliphatic carbocycles. The predicted octanol–water partition coefficient (Wildman–Crippen LogP) is 2.38. The van der Waals surface area contributed by atoms with Crippen molar-refractivity contribution in [1.29, 1.82) is 0 Å². The van der Waals surface area contributed by atoms with E-state index >= 15 is 0 Å². The van der Waals surface area contributed by atoms with E-state index in [0.29, 0.717) is 5.69 Å². The zero-order valence-electron chi connectivity index (χ0n) is 14.5. The molecule has 0 bridgehead atoms. The Bertz CT molecular complexity index is 1070. The molecule has 1 aliphatic heterocycles. The van der Waals surface area contributed by atoms with Crippen LogP contribution in [0.25, 0.3) is 11.5 Å². The van der Waals surface area contributed by atoms with Gasteiger partial charge in [-0.15, -0.1) is 10.2 Å². The van der Waals surface area contributed by atoms with Gasteiger partial charge in [-0.1, -0.05) is 23.7 Å². The fourth-order valence-corrected chi connectivity index (χ4v) is 3.34. The highest BCUT2D eigenvalue weighted by molar-refractivity contribution is 6.32. The van der Waals surface area contributed by atoms with Crippen LogP contribution >= 0.6 is 11.6 Å². The largest absolute Gasteiger partial charge is 0.417 e. The number of benzene rings is 1. The van der Waals surface area contributed by atoms with E-state index in [1.807, 2.05) is 0 Å². The number of aromatic nitrogens is 5. The number of carbonyl (C=O) groups is 1. The van der Waals surface area contributed by atoms with E-state index in [9.17, 15) is 23.1 Å². The van der Waals surface area contributed by atoms with Crippen molar-refractivity contribution in [2.75, 3.05) is 0 Å². The van der Waals surface area contributed by atoms with E-state index in [4.69, 9.17) is 11.6 Å². The van der Waals surface area contributed by atoms with E-state index in [0.717, 1.165) is 11.0 Å². The molecule has 1 aliphatic rings. The molecule has 0 radical (unpaired) electrons. The van der Waals surface area contributed by atoms with Crippen molar-refractivity contribution < 1.29 is 23.1 Å². The molecule has 3 aromatic rings. The van der Waals surface area contributed by atoms with Crippen LogP contribution in [-0.4, -0.2) is 46.9 Å². The quantitative estimate of drug-likeness (QED) is 0.693. The summed E-state index contributed by atoms with van der Waals surface area (Å²) in [4.78, 5) is 21.8. The number of hydrogen-bond acceptors (Lipinski definition) is 6. The minimum atomic E-state index is -4.64. The standard InChI is InChI=1S/C17H12ClF3N6O2/c18-13-9(2-1-3-10(13)17(19,20)21)7-26-12(28)8-27-14(11-6-22-4-5-23-11)24-25-15(27)16(26)29/h1-6,12,28H,7-8H2/t12-/m1/s1. The molecule has 0 spiro atoms. The Hall–Kier alpha value is -3.05. The lowest BCUT2D eigenvalue weighted by Gasteiger charge is -2.32. The van der Waals surface area contributed by atoms with Gasteiger partial charge in [-0.2, -0.15) is 13.2 Å². The Morgan fingerprint density at radius 2 is 1.97 bits per heavy atom. The van der Waals surface area contributed by atoms with Gasteiger partial charge in [0.05, 0.1) is 29.9 Å². The lowest BCUT2D eigenvalue weighted by Crippen LogP contribution is -2.47. The molecule has 4 rings (SSSR count). The van der Waals surface area contributed by atoms with Crippen molar-refractivity contribution in [3.63, 3.8) is 0 Å². The lowest BCUT2D eigenvalue weighted by atomic mass is 10.1. The van der Waals surface area contributed by atoms with Gasteiger partial charge in [-0.05, 0) is 11.6 Å². The minimum absolute atomic E-state index is 0.0519. The average Bonchev–Trinajstić information content (AvgIpc) is 3.10. The Morgan fingerprint density at radius 1 is 1.21 bits per heavy atom. The highest BCUT2D eigenvalue weighted by Crippen LogP contribution is 2.37. The minimum Gasteiger partial charge on any atom is -0.372 e. The fraction of sp³-hybridized carbons (Fsp3) is 0.235. The van der Waals surface area contributed by atoms with Crippen molar-refractivity contribution in [2.24, 2.45) is 0 Å². The molecule has 12 heteroatoms. The number of nitrogens with zero attached hydrogens (tertiary/aromatic N) is 6. The Balaban J connectivity index is 1.66. The molecule has 8 nitrogen and oxygen atoms in total. The van der Waals surface area contributed by atoms with E-state index in [1.165, 1.54) is 35.3 Å². The van der Waals surface area contributed by atoms with Crippen molar-refractivity contribution >= 4 is 17.5 Å². The molecule has 1 amide bonds. The molecule has 2 aromatic heterocycles. The van der Waals surface area contributed by atoms with Gasteiger partial charge in [0, 0.05) is 12.4 Å². The first-order valence-electron chi connectivity index (χ1n) is 8.30. The van der Waals surface area contributed by atoms with Crippen LogP contribution in [0.1, 0.15) is 21.7 Å². The van der Waals surface area contributed by atoms with Crippen LogP contribution in [0.3, 0.4) is 0 Å². The van der Waals surface area contributed by atoms with E-state index < -0.39 is 28.9 Å². The third-order valence-electron chi connectivity index (χ3n) is 4.43.